The van der Waals surface area contributed by atoms with E-state index in [1.165, 1.54) is 29.6 Å². The summed E-state index contributed by atoms with van der Waals surface area (Å²) in [6.07, 6.45) is 5.74. The molecule has 0 bridgehead atoms. The highest BCUT2D eigenvalue weighted by Gasteiger charge is 2.55. The van der Waals surface area contributed by atoms with Crippen LogP contribution in [-0.4, -0.2) is 60.1 Å². The molecule has 2 saturated heterocycles. The van der Waals surface area contributed by atoms with E-state index < -0.39 is 0 Å². The number of hydrogen-bond donors (Lipinski definition) is 0. The molecule has 1 aromatic carbocycles. The molecule has 2 aromatic rings. The zero-order valence-corrected chi connectivity index (χ0v) is 17.9. The molecule has 1 aromatic heterocycles. The predicted molar refractivity (Wildman–Crippen MR) is 119 cm³/mol. The Morgan fingerprint density at radius 2 is 1.87 bits per heavy atom. The number of amides is 1. The minimum Gasteiger partial charge on any atom is -0.342 e. The maximum absolute atomic E-state index is 13.2. The van der Waals surface area contributed by atoms with Gasteiger partial charge in [0.25, 0.3) is 0 Å². The Labute approximate surface area is 178 Å². The first-order valence-corrected chi connectivity index (χ1v) is 11.5. The van der Waals surface area contributed by atoms with E-state index >= 15 is 0 Å². The highest BCUT2D eigenvalue weighted by atomic mass is 16.2. The van der Waals surface area contributed by atoms with Crippen molar-refractivity contribution in [1.82, 2.24) is 14.8 Å². The van der Waals surface area contributed by atoms with Crippen molar-refractivity contribution in [3.8, 4) is 0 Å². The summed E-state index contributed by atoms with van der Waals surface area (Å²) in [6, 6.07) is 8.90. The van der Waals surface area contributed by atoms with E-state index in [4.69, 9.17) is 4.98 Å². The average Bonchev–Trinajstić information content (AvgIpc) is 3.65. The lowest BCUT2D eigenvalue weighted by molar-refractivity contribution is -0.133. The van der Waals surface area contributed by atoms with Gasteiger partial charge in [0.2, 0.25) is 5.91 Å². The summed E-state index contributed by atoms with van der Waals surface area (Å²) in [6.45, 7) is 6.39. The highest BCUT2D eigenvalue weighted by molar-refractivity contribution is 5.92. The minimum atomic E-state index is 0.205. The van der Waals surface area contributed by atoms with Crippen molar-refractivity contribution >= 4 is 23.0 Å². The maximum Gasteiger partial charge on any atom is 0.222 e. The van der Waals surface area contributed by atoms with Crippen molar-refractivity contribution in [3.63, 3.8) is 0 Å². The minimum absolute atomic E-state index is 0.205. The van der Waals surface area contributed by atoms with E-state index in [-0.39, 0.29) is 6.04 Å². The van der Waals surface area contributed by atoms with Crippen LogP contribution in [0.15, 0.2) is 35.5 Å². The van der Waals surface area contributed by atoms with E-state index in [0.29, 0.717) is 23.7 Å². The number of aromatic nitrogens is 1. The molecule has 3 fully saturated rings. The monoisotopic (exact) mass is 402 g/mol. The normalized spacial score (nSPS) is 34.9. The molecule has 6 rings (SSSR count). The molecule has 4 heterocycles. The standard InChI is InChI=1S/C25H30N4O/c1-15-8-16(12-29(11-15)24(30)9-20-21-13-28(2)14-22(20)21)17-5-6-19(23-10-27-23)25-18(17)4-3-7-26-25/h3-7,10,15-16,20-23H,8-9,11-14H2,1-2H3/t15-,16-,20?,21-,22+,23?/m1/s1. The first-order chi connectivity index (χ1) is 14.6. The fourth-order valence-corrected chi connectivity index (χ4v) is 6.29. The summed E-state index contributed by atoms with van der Waals surface area (Å²) < 4.78 is 0. The maximum atomic E-state index is 13.2. The van der Waals surface area contributed by atoms with Gasteiger partial charge in [-0.1, -0.05) is 25.1 Å². The third-order valence-corrected chi connectivity index (χ3v) is 7.87. The van der Waals surface area contributed by atoms with Crippen LogP contribution in [0.5, 0.6) is 0 Å². The SMILES string of the molecule is C[C@@H]1C[C@@H](c2ccc(C3C=N3)c3ncccc23)CN(C(=O)CC2[C@H]3CN(C)C[C@@H]23)C1. The molecule has 156 valence electrons. The van der Waals surface area contributed by atoms with Crippen LogP contribution < -0.4 is 0 Å². The molecule has 0 radical (unpaired) electrons. The second-order valence-electron chi connectivity index (χ2n) is 10.1. The van der Waals surface area contributed by atoms with Crippen molar-refractivity contribution in [2.24, 2.45) is 28.7 Å². The number of fused-ring (bicyclic) bond motifs is 2. The van der Waals surface area contributed by atoms with Crippen molar-refractivity contribution in [2.45, 2.75) is 31.7 Å². The number of likely N-dealkylation sites (tertiary alicyclic amines) is 2. The molecule has 4 aliphatic rings. The largest absolute Gasteiger partial charge is 0.342 e. The highest BCUT2D eigenvalue weighted by Crippen LogP contribution is 2.53. The molecule has 1 amide bonds. The smallest absolute Gasteiger partial charge is 0.222 e. The van der Waals surface area contributed by atoms with Gasteiger partial charge in [-0.25, -0.2) is 0 Å². The van der Waals surface area contributed by atoms with Crippen molar-refractivity contribution in [3.05, 3.63) is 41.6 Å². The van der Waals surface area contributed by atoms with Gasteiger partial charge in [-0.2, -0.15) is 0 Å². The Morgan fingerprint density at radius 3 is 2.63 bits per heavy atom. The number of pyridine rings is 1. The van der Waals surface area contributed by atoms with Gasteiger partial charge < -0.3 is 9.80 Å². The third-order valence-electron chi connectivity index (χ3n) is 7.87. The van der Waals surface area contributed by atoms with Gasteiger partial charge in [-0.15, -0.1) is 0 Å². The number of carbonyl (C=O) groups excluding carboxylic acids is 1. The van der Waals surface area contributed by atoms with Gasteiger partial charge >= 0.3 is 0 Å². The van der Waals surface area contributed by atoms with Gasteiger partial charge in [0.05, 0.1) is 5.52 Å². The van der Waals surface area contributed by atoms with Crippen LogP contribution in [0.4, 0.5) is 0 Å². The number of hydrogen-bond acceptors (Lipinski definition) is 4. The van der Waals surface area contributed by atoms with Crippen LogP contribution >= 0.6 is 0 Å². The van der Waals surface area contributed by atoms with Crippen LogP contribution in [0.25, 0.3) is 10.9 Å². The number of benzene rings is 1. The summed E-state index contributed by atoms with van der Waals surface area (Å²) in [5.41, 5.74) is 3.62. The van der Waals surface area contributed by atoms with E-state index in [1.807, 2.05) is 18.5 Å². The van der Waals surface area contributed by atoms with Crippen molar-refractivity contribution in [1.29, 1.82) is 0 Å². The molecular formula is C25H30N4O. The second kappa shape index (κ2) is 6.88. The van der Waals surface area contributed by atoms with Crippen LogP contribution in [0.1, 0.15) is 42.9 Å². The third kappa shape index (κ3) is 3.15. The van der Waals surface area contributed by atoms with Crippen LogP contribution in [0, 0.1) is 23.7 Å². The van der Waals surface area contributed by atoms with Gasteiger partial charge in [-0.3, -0.25) is 14.8 Å². The molecule has 30 heavy (non-hydrogen) atoms. The van der Waals surface area contributed by atoms with E-state index in [9.17, 15) is 4.79 Å². The summed E-state index contributed by atoms with van der Waals surface area (Å²) in [5, 5.41) is 1.23. The number of aliphatic imine (C=N–C) groups is 1. The zero-order valence-electron chi connectivity index (χ0n) is 17.9. The van der Waals surface area contributed by atoms with E-state index in [2.05, 4.69) is 47.0 Å². The quantitative estimate of drug-likeness (QED) is 0.786. The molecule has 6 atom stereocenters. The number of piperidine rings is 2. The molecular weight excluding hydrogens is 372 g/mol. The van der Waals surface area contributed by atoms with Gasteiger partial charge in [-0.05, 0) is 48.8 Å². The summed E-state index contributed by atoms with van der Waals surface area (Å²) in [7, 11) is 2.20. The van der Waals surface area contributed by atoms with Gasteiger partial charge in [0.1, 0.15) is 6.04 Å². The van der Waals surface area contributed by atoms with Crippen molar-refractivity contribution in [2.75, 3.05) is 33.2 Å². The molecule has 2 unspecified atom stereocenters. The lowest BCUT2D eigenvalue weighted by Gasteiger charge is -2.37. The number of rotatable bonds is 4. The second-order valence-corrected chi connectivity index (χ2v) is 10.1. The lowest BCUT2D eigenvalue weighted by Crippen LogP contribution is -2.43. The Hall–Kier alpha value is -2.27. The molecule has 1 aliphatic carbocycles. The summed E-state index contributed by atoms with van der Waals surface area (Å²) in [5.74, 6) is 3.44. The topological polar surface area (TPSA) is 48.8 Å². The molecule has 5 nitrogen and oxygen atoms in total. The lowest BCUT2D eigenvalue weighted by atomic mass is 9.83. The Balaban J connectivity index is 1.22. The predicted octanol–water partition coefficient (Wildman–Crippen LogP) is 3.51. The van der Waals surface area contributed by atoms with Crippen molar-refractivity contribution < 1.29 is 4.79 Å². The van der Waals surface area contributed by atoms with Crippen LogP contribution in [0.3, 0.4) is 0 Å². The Morgan fingerprint density at radius 1 is 1.10 bits per heavy atom. The zero-order chi connectivity index (χ0) is 20.4. The van der Waals surface area contributed by atoms with E-state index in [1.54, 1.807) is 0 Å². The van der Waals surface area contributed by atoms with Gasteiger partial charge in [0.15, 0.2) is 0 Å². The van der Waals surface area contributed by atoms with Gasteiger partial charge in [0, 0.05) is 61.9 Å². The molecule has 0 N–H and O–H groups in total. The first-order valence-electron chi connectivity index (χ1n) is 11.5. The molecule has 5 heteroatoms. The van der Waals surface area contributed by atoms with Crippen LogP contribution in [0.2, 0.25) is 0 Å². The fourth-order valence-electron chi connectivity index (χ4n) is 6.29. The fraction of sp³-hybridized carbons (Fsp3) is 0.560. The molecule has 3 aliphatic heterocycles. The average molecular weight is 403 g/mol. The van der Waals surface area contributed by atoms with Crippen LogP contribution in [-0.2, 0) is 4.79 Å². The number of carbonyl (C=O) groups is 1. The molecule has 0 spiro atoms. The summed E-state index contributed by atoms with van der Waals surface area (Å²) >= 11 is 0. The Bertz CT molecular complexity index is 1010. The summed E-state index contributed by atoms with van der Waals surface area (Å²) in [4.78, 5) is 26.8. The first kappa shape index (κ1) is 18.5. The molecule has 1 saturated carbocycles. The van der Waals surface area contributed by atoms with E-state index in [0.717, 1.165) is 43.3 Å². The Kier molecular flexibility index (Phi) is 4.24. The number of nitrogens with zero attached hydrogens (tertiary/aromatic N) is 4.